The minimum absolute atomic E-state index is 0.450. The third-order valence-electron chi connectivity index (χ3n) is 3.76. The fourth-order valence-electron chi connectivity index (χ4n) is 3.12. The Morgan fingerprint density at radius 1 is 1.33 bits per heavy atom. The minimum atomic E-state index is 0.450. The number of nitrogens with one attached hydrogen (secondary N) is 1. The molecule has 2 fully saturated rings. The molecule has 0 amide bonds. The lowest BCUT2D eigenvalue weighted by Gasteiger charge is -2.46. The molecule has 0 radical (unpaired) electrons. The summed E-state index contributed by atoms with van der Waals surface area (Å²) in [7, 11) is 0. The van der Waals surface area contributed by atoms with E-state index in [0.717, 1.165) is 13.1 Å². The van der Waals surface area contributed by atoms with Gasteiger partial charge in [-0.1, -0.05) is 31.4 Å². The fourth-order valence-corrected chi connectivity index (χ4v) is 3.12. The molecular weight excluding hydrogens is 184 g/mol. The van der Waals surface area contributed by atoms with Crippen LogP contribution in [0.25, 0.3) is 0 Å². The van der Waals surface area contributed by atoms with Crippen molar-refractivity contribution in [2.45, 2.75) is 44.6 Å². The van der Waals surface area contributed by atoms with E-state index in [1.165, 1.54) is 50.8 Å². The van der Waals surface area contributed by atoms with Gasteiger partial charge < -0.3 is 5.32 Å². The average Bonchev–Trinajstić information content (AvgIpc) is 2.17. The van der Waals surface area contributed by atoms with Crippen molar-refractivity contribution in [2.24, 2.45) is 0 Å². The molecule has 0 aromatic heterocycles. The number of nitrogens with zero attached hydrogens (tertiary/aromatic N) is 1. The maximum Gasteiger partial charge on any atom is 0.0309 e. The lowest BCUT2D eigenvalue weighted by Crippen LogP contribution is -2.61. The molecule has 1 saturated heterocycles. The number of hydrogen-bond donors (Lipinski definition) is 1. The molecule has 0 aromatic rings. The van der Waals surface area contributed by atoms with Gasteiger partial charge in [-0.25, -0.2) is 0 Å². The summed E-state index contributed by atoms with van der Waals surface area (Å²) in [6, 6.07) is 0. The van der Waals surface area contributed by atoms with Gasteiger partial charge in [-0.15, -0.1) is 0 Å². The highest BCUT2D eigenvalue weighted by atomic mass is 15.2. The summed E-state index contributed by atoms with van der Waals surface area (Å²) in [5.41, 5.74) is 1.74. The first-order valence-electron chi connectivity index (χ1n) is 6.32. The Hall–Kier alpha value is -0.340. The largest absolute Gasteiger partial charge is 0.309 e. The Balaban J connectivity index is 1.93. The number of rotatable bonds is 2. The van der Waals surface area contributed by atoms with Crippen LogP contribution < -0.4 is 5.32 Å². The topological polar surface area (TPSA) is 15.3 Å². The van der Waals surface area contributed by atoms with E-state index in [-0.39, 0.29) is 0 Å². The van der Waals surface area contributed by atoms with E-state index in [0.29, 0.717) is 5.54 Å². The third-order valence-corrected chi connectivity index (χ3v) is 3.76. The van der Waals surface area contributed by atoms with Gasteiger partial charge in [0, 0.05) is 31.7 Å². The van der Waals surface area contributed by atoms with E-state index < -0.39 is 0 Å². The zero-order valence-electron chi connectivity index (χ0n) is 10.0. The quantitative estimate of drug-likeness (QED) is 0.700. The van der Waals surface area contributed by atoms with Gasteiger partial charge >= 0.3 is 0 Å². The minimum Gasteiger partial charge on any atom is -0.309 e. The van der Waals surface area contributed by atoms with E-state index in [9.17, 15) is 0 Å². The van der Waals surface area contributed by atoms with Gasteiger partial charge in [0.05, 0.1) is 0 Å². The van der Waals surface area contributed by atoms with Gasteiger partial charge in [0.1, 0.15) is 0 Å². The van der Waals surface area contributed by atoms with E-state index in [4.69, 9.17) is 0 Å². The second-order valence-corrected chi connectivity index (χ2v) is 5.44. The summed E-state index contributed by atoms with van der Waals surface area (Å²) in [5, 5.41) is 3.77. The molecule has 1 aliphatic carbocycles. The van der Waals surface area contributed by atoms with Crippen LogP contribution in [-0.4, -0.2) is 36.6 Å². The van der Waals surface area contributed by atoms with Crippen LogP contribution in [0.2, 0.25) is 0 Å². The highest BCUT2D eigenvalue weighted by Crippen LogP contribution is 2.30. The molecule has 2 aliphatic rings. The molecule has 2 rings (SSSR count). The summed E-state index contributed by atoms with van der Waals surface area (Å²) in [4.78, 5) is 2.57. The third kappa shape index (κ3) is 2.82. The number of hydrogen-bond acceptors (Lipinski definition) is 2. The van der Waals surface area contributed by atoms with Crippen LogP contribution in [0, 0.1) is 0 Å². The lowest BCUT2D eigenvalue weighted by molar-refractivity contribution is 0.106. The van der Waals surface area contributed by atoms with E-state index >= 15 is 0 Å². The Kier molecular flexibility index (Phi) is 3.47. The Morgan fingerprint density at radius 2 is 2.07 bits per heavy atom. The predicted octanol–water partition coefficient (Wildman–Crippen LogP) is 2.17. The van der Waals surface area contributed by atoms with Crippen LogP contribution in [0.15, 0.2) is 12.2 Å². The molecule has 2 nitrogen and oxygen atoms in total. The van der Waals surface area contributed by atoms with Crippen LogP contribution in [0.5, 0.6) is 0 Å². The van der Waals surface area contributed by atoms with Gasteiger partial charge in [-0.2, -0.15) is 0 Å². The SMILES string of the molecule is C=C(C)CN1CCNC2(CCCCC2)C1. The highest BCUT2D eigenvalue weighted by Gasteiger charge is 2.35. The molecule has 2 heteroatoms. The van der Waals surface area contributed by atoms with Crippen molar-refractivity contribution >= 4 is 0 Å². The van der Waals surface area contributed by atoms with E-state index in [1.54, 1.807) is 0 Å². The zero-order valence-corrected chi connectivity index (χ0v) is 10.0. The summed E-state index contributed by atoms with van der Waals surface area (Å²) >= 11 is 0. The van der Waals surface area contributed by atoms with Crippen molar-refractivity contribution in [3.05, 3.63) is 12.2 Å². The van der Waals surface area contributed by atoms with Crippen LogP contribution in [0.1, 0.15) is 39.0 Å². The molecule has 1 aliphatic heterocycles. The average molecular weight is 208 g/mol. The molecule has 1 saturated carbocycles. The Morgan fingerprint density at radius 3 is 2.73 bits per heavy atom. The molecule has 0 bridgehead atoms. The van der Waals surface area contributed by atoms with Crippen molar-refractivity contribution in [1.82, 2.24) is 10.2 Å². The fraction of sp³-hybridized carbons (Fsp3) is 0.846. The maximum atomic E-state index is 4.02. The molecule has 1 heterocycles. The normalized spacial score (nSPS) is 26.7. The number of piperazine rings is 1. The van der Waals surface area contributed by atoms with Gasteiger partial charge in [0.2, 0.25) is 0 Å². The summed E-state index contributed by atoms with van der Waals surface area (Å²) in [6.07, 6.45) is 7.01. The maximum absolute atomic E-state index is 4.02. The monoisotopic (exact) mass is 208 g/mol. The van der Waals surface area contributed by atoms with Crippen molar-refractivity contribution in [3.63, 3.8) is 0 Å². The second-order valence-electron chi connectivity index (χ2n) is 5.44. The van der Waals surface area contributed by atoms with Crippen LogP contribution in [0.3, 0.4) is 0 Å². The first-order chi connectivity index (χ1) is 7.20. The second kappa shape index (κ2) is 4.67. The van der Waals surface area contributed by atoms with Crippen molar-refractivity contribution < 1.29 is 0 Å². The van der Waals surface area contributed by atoms with Gasteiger partial charge in [-0.3, -0.25) is 4.90 Å². The summed E-state index contributed by atoms with van der Waals surface area (Å²) < 4.78 is 0. The van der Waals surface area contributed by atoms with Gasteiger partial charge in [0.25, 0.3) is 0 Å². The first-order valence-corrected chi connectivity index (χ1v) is 6.32. The van der Waals surface area contributed by atoms with Gasteiger partial charge in [0.15, 0.2) is 0 Å². The van der Waals surface area contributed by atoms with Crippen LogP contribution >= 0.6 is 0 Å². The van der Waals surface area contributed by atoms with Crippen LogP contribution in [-0.2, 0) is 0 Å². The Labute approximate surface area is 93.7 Å². The molecule has 86 valence electrons. The molecule has 1 spiro atoms. The molecule has 15 heavy (non-hydrogen) atoms. The van der Waals surface area contributed by atoms with Crippen LogP contribution in [0.4, 0.5) is 0 Å². The van der Waals surface area contributed by atoms with Crippen molar-refractivity contribution in [1.29, 1.82) is 0 Å². The van der Waals surface area contributed by atoms with Crippen molar-refractivity contribution in [3.8, 4) is 0 Å². The highest BCUT2D eigenvalue weighted by molar-refractivity contribution is 5.00. The Bertz CT molecular complexity index is 223. The molecule has 1 N–H and O–H groups in total. The lowest BCUT2D eigenvalue weighted by atomic mass is 9.80. The molecule has 0 atom stereocenters. The van der Waals surface area contributed by atoms with Crippen molar-refractivity contribution in [2.75, 3.05) is 26.2 Å². The molecule has 0 aromatic carbocycles. The predicted molar refractivity (Wildman–Crippen MR) is 65.1 cm³/mol. The molecular formula is C13H24N2. The first kappa shape index (κ1) is 11.2. The smallest absolute Gasteiger partial charge is 0.0309 e. The molecule has 0 unspecified atom stereocenters. The van der Waals surface area contributed by atoms with E-state index in [2.05, 4.69) is 23.7 Å². The summed E-state index contributed by atoms with van der Waals surface area (Å²) in [5.74, 6) is 0. The summed E-state index contributed by atoms with van der Waals surface area (Å²) in [6.45, 7) is 10.8. The van der Waals surface area contributed by atoms with Gasteiger partial charge in [-0.05, 0) is 19.8 Å². The van der Waals surface area contributed by atoms with E-state index in [1.807, 2.05) is 0 Å². The zero-order chi connectivity index (χ0) is 10.7. The standard InChI is InChI=1S/C13H24N2/c1-12(2)10-15-9-8-14-13(11-15)6-4-3-5-7-13/h14H,1,3-11H2,2H3.